The predicted octanol–water partition coefficient (Wildman–Crippen LogP) is 3.14. The average molecular weight is 445 g/mol. The van der Waals surface area contributed by atoms with Crippen molar-refractivity contribution in [2.24, 2.45) is 0 Å². The fourth-order valence-corrected chi connectivity index (χ4v) is 3.82. The third-order valence-corrected chi connectivity index (χ3v) is 5.81. The van der Waals surface area contributed by atoms with Gasteiger partial charge in [-0.05, 0) is 50.6 Å². The first-order valence-corrected chi connectivity index (χ1v) is 10.9. The van der Waals surface area contributed by atoms with Gasteiger partial charge in [-0.25, -0.2) is 9.36 Å². The molecule has 0 saturated carbocycles. The normalized spacial score (nSPS) is 12.0. The third kappa shape index (κ3) is 4.24. The van der Waals surface area contributed by atoms with E-state index in [1.807, 2.05) is 80.5 Å². The van der Waals surface area contributed by atoms with Crippen LogP contribution in [0.15, 0.2) is 59.4 Å². The van der Waals surface area contributed by atoms with Crippen LogP contribution in [0.1, 0.15) is 29.9 Å². The molecular weight excluding hydrogens is 416 g/mol. The molecule has 33 heavy (non-hydrogen) atoms. The van der Waals surface area contributed by atoms with Gasteiger partial charge in [0.2, 0.25) is 5.91 Å². The number of nitrogens with one attached hydrogen (secondary N) is 1. The second kappa shape index (κ2) is 8.90. The zero-order valence-corrected chi connectivity index (χ0v) is 19.5. The van der Waals surface area contributed by atoms with Crippen molar-refractivity contribution in [3.63, 3.8) is 0 Å². The Morgan fingerprint density at radius 1 is 1.03 bits per heavy atom. The Morgan fingerprint density at radius 3 is 2.33 bits per heavy atom. The molecule has 0 saturated heterocycles. The van der Waals surface area contributed by atoms with E-state index in [-0.39, 0.29) is 11.5 Å². The molecule has 4 rings (SSSR count). The lowest BCUT2D eigenvalue weighted by Crippen LogP contribution is -2.37. The number of aryl methyl sites for hydroxylation is 2. The van der Waals surface area contributed by atoms with Crippen LogP contribution in [0.3, 0.4) is 0 Å². The van der Waals surface area contributed by atoms with Gasteiger partial charge in [0.1, 0.15) is 11.6 Å². The first-order valence-electron chi connectivity index (χ1n) is 10.9. The van der Waals surface area contributed by atoms with Crippen LogP contribution < -0.4 is 15.8 Å². The van der Waals surface area contributed by atoms with Gasteiger partial charge in [0, 0.05) is 26.3 Å². The van der Waals surface area contributed by atoms with Crippen molar-refractivity contribution in [2.45, 2.75) is 33.4 Å². The minimum Gasteiger partial charge on any atom is -0.378 e. The summed E-state index contributed by atoms with van der Waals surface area (Å²) in [5.74, 6) is -0.270. The fraction of sp³-hybridized carbons (Fsp3) is 0.280. The van der Waals surface area contributed by atoms with Gasteiger partial charge in [0.25, 0.3) is 5.56 Å². The highest BCUT2D eigenvalue weighted by Gasteiger charge is 2.23. The van der Waals surface area contributed by atoms with Crippen LogP contribution >= 0.6 is 0 Å². The standard InChI is InChI=1S/C25H28N6O2/c1-16-23-22(17(2)30(28-23)21-9-7-6-8-10-21)25(33)31(27-16)18(3)24(32)26-15-19-11-13-20(14-12-19)29(4)5/h6-14,18H,15H2,1-5H3,(H,26,32)/t18-/m0/s1. The van der Waals surface area contributed by atoms with Crippen LogP contribution in [-0.2, 0) is 11.3 Å². The Balaban J connectivity index is 1.60. The van der Waals surface area contributed by atoms with Gasteiger partial charge in [-0.15, -0.1) is 0 Å². The zero-order valence-electron chi connectivity index (χ0n) is 19.5. The summed E-state index contributed by atoms with van der Waals surface area (Å²) in [6.07, 6.45) is 0. The maximum absolute atomic E-state index is 13.3. The molecule has 0 unspecified atom stereocenters. The van der Waals surface area contributed by atoms with Crippen LogP contribution in [0.4, 0.5) is 5.69 Å². The summed E-state index contributed by atoms with van der Waals surface area (Å²) in [7, 11) is 3.96. The molecule has 0 bridgehead atoms. The van der Waals surface area contributed by atoms with E-state index < -0.39 is 6.04 Å². The molecular formula is C25H28N6O2. The Bertz CT molecular complexity index is 1350. The molecule has 0 aliphatic heterocycles. The molecule has 2 aromatic heterocycles. The molecule has 0 spiro atoms. The minimum absolute atomic E-state index is 0.270. The molecule has 4 aromatic rings. The lowest BCUT2D eigenvalue weighted by atomic mass is 10.2. The minimum atomic E-state index is -0.763. The molecule has 1 N–H and O–H groups in total. The summed E-state index contributed by atoms with van der Waals surface area (Å²) < 4.78 is 3.00. The van der Waals surface area contributed by atoms with Crippen LogP contribution in [0.2, 0.25) is 0 Å². The number of hydrogen-bond acceptors (Lipinski definition) is 5. The number of hydrogen-bond donors (Lipinski definition) is 1. The van der Waals surface area contributed by atoms with Crippen molar-refractivity contribution in [1.82, 2.24) is 24.9 Å². The molecule has 0 aliphatic carbocycles. The molecule has 2 aromatic carbocycles. The van der Waals surface area contributed by atoms with Crippen LogP contribution in [0.5, 0.6) is 0 Å². The number of carbonyl (C=O) groups excluding carboxylic acids is 1. The number of amides is 1. The summed E-state index contributed by atoms with van der Waals surface area (Å²) in [5.41, 5.74) is 4.47. The molecule has 2 heterocycles. The number of fused-ring (bicyclic) bond motifs is 1. The highest BCUT2D eigenvalue weighted by molar-refractivity contribution is 5.84. The quantitative estimate of drug-likeness (QED) is 0.494. The SMILES string of the molecule is Cc1nn([C@@H](C)C(=O)NCc2ccc(N(C)C)cc2)c(=O)c2c(C)n(-c3ccccc3)nc12. The summed E-state index contributed by atoms with van der Waals surface area (Å²) in [4.78, 5) is 28.2. The average Bonchev–Trinajstić information content (AvgIpc) is 3.18. The largest absolute Gasteiger partial charge is 0.378 e. The zero-order chi connectivity index (χ0) is 23.7. The second-order valence-electron chi connectivity index (χ2n) is 8.35. The van der Waals surface area contributed by atoms with Gasteiger partial charge in [-0.2, -0.15) is 10.2 Å². The fourth-order valence-electron chi connectivity index (χ4n) is 3.82. The Morgan fingerprint density at radius 2 is 1.70 bits per heavy atom. The summed E-state index contributed by atoms with van der Waals surface area (Å²) in [5, 5.41) is 12.4. The number of carbonyl (C=O) groups is 1. The highest BCUT2D eigenvalue weighted by atomic mass is 16.2. The van der Waals surface area contributed by atoms with Crippen molar-refractivity contribution >= 4 is 22.5 Å². The van der Waals surface area contributed by atoms with Gasteiger partial charge in [0.15, 0.2) is 0 Å². The van der Waals surface area contributed by atoms with Crippen molar-refractivity contribution < 1.29 is 4.79 Å². The molecule has 0 radical (unpaired) electrons. The van der Waals surface area contributed by atoms with Crippen LogP contribution in [0.25, 0.3) is 16.6 Å². The van der Waals surface area contributed by atoms with E-state index >= 15 is 0 Å². The molecule has 8 heteroatoms. The monoisotopic (exact) mass is 444 g/mol. The topological polar surface area (TPSA) is 85.0 Å². The summed E-state index contributed by atoms with van der Waals surface area (Å²) in [6.45, 7) is 5.71. The molecule has 0 aliphatic rings. The number of para-hydroxylation sites is 1. The second-order valence-corrected chi connectivity index (χ2v) is 8.35. The molecule has 1 amide bonds. The maximum Gasteiger partial charge on any atom is 0.278 e. The van der Waals surface area contributed by atoms with E-state index in [9.17, 15) is 9.59 Å². The molecule has 8 nitrogen and oxygen atoms in total. The lowest BCUT2D eigenvalue weighted by molar-refractivity contribution is -0.124. The van der Waals surface area contributed by atoms with Crippen LogP contribution in [-0.4, -0.2) is 39.6 Å². The van der Waals surface area contributed by atoms with Gasteiger partial charge in [-0.1, -0.05) is 30.3 Å². The smallest absolute Gasteiger partial charge is 0.278 e. The van der Waals surface area contributed by atoms with Crippen molar-refractivity contribution in [3.05, 3.63) is 81.9 Å². The number of benzene rings is 2. The van der Waals surface area contributed by atoms with E-state index in [2.05, 4.69) is 15.5 Å². The predicted molar refractivity (Wildman–Crippen MR) is 130 cm³/mol. The van der Waals surface area contributed by atoms with E-state index in [1.54, 1.807) is 18.5 Å². The first-order chi connectivity index (χ1) is 15.8. The van der Waals surface area contributed by atoms with Crippen molar-refractivity contribution in [3.8, 4) is 5.69 Å². The first kappa shape index (κ1) is 22.3. The Kier molecular flexibility index (Phi) is 6.00. The Labute approximate surface area is 192 Å². The maximum atomic E-state index is 13.3. The van der Waals surface area contributed by atoms with E-state index in [0.717, 1.165) is 16.9 Å². The van der Waals surface area contributed by atoms with Gasteiger partial charge in [-0.3, -0.25) is 9.59 Å². The number of nitrogens with zero attached hydrogens (tertiary/aromatic N) is 5. The van der Waals surface area contributed by atoms with E-state index in [4.69, 9.17) is 0 Å². The van der Waals surface area contributed by atoms with Crippen molar-refractivity contribution in [2.75, 3.05) is 19.0 Å². The van der Waals surface area contributed by atoms with Gasteiger partial charge >= 0.3 is 0 Å². The number of rotatable bonds is 6. The van der Waals surface area contributed by atoms with Crippen LogP contribution in [0, 0.1) is 13.8 Å². The third-order valence-electron chi connectivity index (χ3n) is 5.81. The van der Waals surface area contributed by atoms with E-state index in [0.29, 0.717) is 28.8 Å². The molecule has 0 fully saturated rings. The highest BCUT2D eigenvalue weighted by Crippen LogP contribution is 2.20. The van der Waals surface area contributed by atoms with Gasteiger partial charge in [0.05, 0.1) is 22.5 Å². The summed E-state index contributed by atoms with van der Waals surface area (Å²) in [6, 6.07) is 16.8. The Hall–Kier alpha value is -3.94. The number of anilines is 1. The molecule has 170 valence electrons. The lowest BCUT2D eigenvalue weighted by Gasteiger charge is -2.16. The van der Waals surface area contributed by atoms with Gasteiger partial charge < -0.3 is 10.2 Å². The number of aromatic nitrogens is 4. The van der Waals surface area contributed by atoms with E-state index in [1.165, 1.54) is 4.68 Å². The summed E-state index contributed by atoms with van der Waals surface area (Å²) >= 11 is 0. The van der Waals surface area contributed by atoms with Crippen molar-refractivity contribution in [1.29, 1.82) is 0 Å². The molecule has 1 atom stereocenters.